The highest BCUT2D eigenvalue weighted by Crippen LogP contribution is 2.24. The molecule has 0 saturated heterocycles. The van der Waals surface area contributed by atoms with E-state index in [2.05, 4.69) is 22.6 Å². The largest absolute Gasteiger partial charge is 0.300 e. The van der Waals surface area contributed by atoms with Gasteiger partial charge < -0.3 is 0 Å². The second-order valence-corrected chi connectivity index (χ2v) is 4.04. The summed E-state index contributed by atoms with van der Waals surface area (Å²) in [7, 11) is 0. The summed E-state index contributed by atoms with van der Waals surface area (Å²) < 4.78 is 1.25. The Balaban J connectivity index is 2.19. The number of alkyl halides is 1. The zero-order valence-corrected chi connectivity index (χ0v) is 8.26. The quantitative estimate of drug-likeness (QED) is 0.545. The monoisotopic (exact) mass is 252 g/mol. The Kier molecular flexibility index (Phi) is 3.66. The van der Waals surface area contributed by atoms with Gasteiger partial charge in [-0.05, 0) is 29.6 Å². The summed E-state index contributed by atoms with van der Waals surface area (Å²) in [6.45, 7) is 0. The van der Waals surface area contributed by atoms with Crippen LogP contribution in [0, 0.1) is 5.92 Å². The number of hydrogen-bond donors (Lipinski definition) is 0. The first-order valence-electron chi connectivity index (χ1n) is 3.90. The first-order chi connectivity index (χ1) is 4.83. The van der Waals surface area contributed by atoms with E-state index >= 15 is 0 Å². The van der Waals surface area contributed by atoms with E-state index in [0.717, 1.165) is 31.6 Å². The van der Waals surface area contributed by atoms with Crippen molar-refractivity contribution in [3.05, 3.63) is 0 Å². The third-order valence-electron chi connectivity index (χ3n) is 2.18. The summed E-state index contributed by atoms with van der Waals surface area (Å²) in [5.41, 5.74) is 0. The molecule has 0 unspecified atom stereocenters. The van der Waals surface area contributed by atoms with Crippen molar-refractivity contribution in [2.75, 3.05) is 4.43 Å². The number of carbonyl (C=O) groups excluding carboxylic acids is 1. The van der Waals surface area contributed by atoms with E-state index < -0.39 is 0 Å². The molecule has 1 rings (SSSR count). The van der Waals surface area contributed by atoms with Gasteiger partial charge in [0, 0.05) is 12.8 Å². The van der Waals surface area contributed by atoms with Crippen LogP contribution in [0.3, 0.4) is 0 Å². The van der Waals surface area contributed by atoms with Crippen LogP contribution in [0.4, 0.5) is 0 Å². The fourth-order valence-corrected chi connectivity index (χ4v) is 2.32. The van der Waals surface area contributed by atoms with Gasteiger partial charge in [0.05, 0.1) is 0 Å². The Morgan fingerprint density at radius 1 is 1.40 bits per heavy atom. The Labute approximate surface area is 75.7 Å². The lowest BCUT2D eigenvalue weighted by Gasteiger charge is -2.19. The van der Waals surface area contributed by atoms with Crippen LogP contribution in [0.25, 0.3) is 0 Å². The van der Waals surface area contributed by atoms with Gasteiger partial charge in [-0.25, -0.2) is 0 Å². The maximum Gasteiger partial charge on any atom is 0.132 e. The number of halogens is 1. The van der Waals surface area contributed by atoms with Crippen LogP contribution in [0.5, 0.6) is 0 Å². The van der Waals surface area contributed by atoms with Crippen molar-refractivity contribution in [3.8, 4) is 0 Å². The molecule has 1 fully saturated rings. The topological polar surface area (TPSA) is 17.1 Å². The van der Waals surface area contributed by atoms with Crippen molar-refractivity contribution < 1.29 is 4.79 Å². The fraction of sp³-hybridized carbons (Fsp3) is 0.875. The molecule has 1 saturated carbocycles. The number of hydrogen-bond acceptors (Lipinski definition) is 1. The third-order valence-corrected chi connectivity index (χ3v) is 2.80. The van der Waals surface area contributed by atoms with Gasteiger partial charge in [-0.1, -0.05) is 22.6 Å². The summed E-state index contributed by atoms with van der Waals surface area (Å²) in [4.78, 5) is 10.8. The molecule has 0 aromatic heterocycles. The molecule has 0 N–H and O–H groups in total. The molecule has 0 heterocycles. The van der Waals surface area contributed by atoms with E-state index in [1.54, 1.807) is 0 Å². The van der Waals surface area contributed by atoms with E-state index in [0.29, 0.717) is 5.78 Å². The van der Waals surface area contributed by atoms with Crippen molar-refractivity contribution in [3.63, 3.8) is 0 Å². The maximum atomic E-state index is 10.8. The van der Waals surface area contributed by atoms with E-state index in [9.17, 15) is 4.79 Å². The van der Waals surface area contributed by atoms with Gasteiger partial charge in [0.1, 0.15) is 5.78 Å². The van der Waals surface area contributed by atoms with Crippen LogP contribution < -0.4 is 0 Å². The van der Waals surface area contributed by atoms with E-state index in [4.69, 9.17) is 0 Å². The highest BCUT2D eigenvalue weighted by Gasteiger charge is 2.17. The molecule has 1 aliphatic carbocycles. The lowest BCUT2D eigenvalue weighted by Crippen LogP contribution is -2.13. The lowest BCUT2D eigenvalue weighted by molar-refractivity contribution is -0.121. The van der Waals surface area contributed by atoms with Crippen molar-refractivity contribution >= 4 is 28.4 Å². The minimum absolute atomic E-state index is 0.477. The summed E-state index contributed by atoms with van der Waals surface area (Å²) in [5.74, 6) is 1.33. The molecule has 0 radical (unpaired) electrons. The average Bonchev–Trinajstić information content (AvgIpc) is 1.95. The molecular weight excluding hydrogens is 239 g/mol. The molecule has 1 nitrogen and oxygen atoms in total. The van der Waals surface area contributed by atoms with Crippen LogP contribution in [-0.2, 0) is 4.79 Å². The van der Waals surface area contributed by atoms with Gasteiger partial charge in [0.15, 0.2) is 0 Å². The summed E-state index contributed by atoms with van der Waals surface area (Å²) in [6, 6.07) is 0. The van der Waals surface area contributed by atoms with E-state index in [1.807, 2.05) is 0 Å². The average molecular weight is 252 g/mol. The molecule has 58 valence electrons. The van der Waals surface area contributed by atoms with Crippen molar-refractivity contribution in [2.24, 2.45) is 5.92 Å². The first-order valence-corrected chi connectivity index (χ1v) is 5.43. The molecular formula is C8H13IO. The maximum absolute atomic E-state index is 10.8. The standard InChI is InChI=1S/C8H13IO/c9-6-5-7-1-3-8(10)4-2-7/h7H,1-6H2. The Morgan fingerprint density at radius 3 is 2.50 bits per heavy atom. The molecule has 0 bridgehead atoms. The predicted molar refractivity (Wildman–Crippen MR) is 50.5 cm³/mol. The summed E-state index contributed by atoms with van der Waals surface area (Å²) in [5, 5.41) is 0. The highest BCUT2D eigenvalue weighted by molar-refractivity contribution is 14.1. The zero-order chi connectivity index (χ0) is 7.40. The number of Topliss-reactive ketones (excluding diaryl/α,β-unsaturated/α-hetero) is 1. The fourth-order valence-electron chi connectivity index (χ4n) is 1.44. The number of carbonyl (C=O) groups is 1. The molecule has 10 heavy (non-hydrogen) atoms. The minimum atomic E-state index is 0.477. The SMILES string of the molecule is O=C1CCC(CCI)CC1. The second kappa shape index (κ2) is 4.31. The van der Waals surface area contributed by atoms with Crippen molar-refractivity contribution in [1.82, 2.24) is 0 Å². The second-order valence-electron chi connectivity index (χ2n) is 2.96. The zero-order valence-electron chi connectivity index (χ0n) is 6.11. The van der Waals surface area contributed by atoms with Crippen LogP contribution in [0.15, 0.2) is 0 Å². The van der Waals surface area contributed by atoms with Gasteiger partial charge in [-0.15, -0.1) is 0 Å². The van der Waals surface area contributed by atoms with Crippen LogP contribution >= 0.6 is 22.6 Å². The first kappa shape index (κ1) is 8.50. The molecule has 0 aromatic carbocycles. The third kappa shape index (κ3) is 2.56. The van der Waals surface area contributed by atoms with Crippen molar-refractivity contribution in [2.45, 2.75) is 32.1 Å². The smallest absolute Gasteiger partial charge is 0.132 e. The minimum Gasteiger partial charge on any atom is -0.300 e. The van der Waals surface area contributed by atoms with Crippen LogP contribution in [-0.4, -0.2) is 10.2 Å². The van der Waals surface area contributed by atoms with Gasteiger partial charge in [0.25, 0.3) is 0 Å². The van der Waals surface area contributed by atoms with E-state index in [-0.39, 0.29) is 0 Å². The molecule has 1 aliphatic rings. The highest BCUT2D eigenvalue weighted by atomic mass is 127. The lowest BCUT2D eigenvalue weighted by atomic mass is 9.87. The van der Waals surface area contributed by atoms with Gasteiger partial charge in [0.2, 0.25) is 0 Å². The predicted octanol–water partition coefficient (Wildman–Crippen LogP) is 2.57. The molecule has 0 atom stereocenters. The Hall–Kier alpha value is 0.400. The van der Waals surface area contributed by atoms with Gasteiger partial charge in [-0.2, -0.15) is 0 Å². The molecule has 2 heteroatoms. The van der Waals surface area contributed by atoms with Crippen molar-refractivity contribution in [1.29, 1.82) is 0 Å². The molecule has 0 amide bonds. The number of ketones is 1. The van der Waals surface area contributed by atoms with E-state index in [1.165, 1.54) is 10.8 Å². The Bertz CT molecular complexity index is 112. The van der Waals surface area contributed by atoms with Crippen LogP contribution in [0.2, 0.25) is 0 Å². The number of rotatable bonds is 2. The van der Waals surface area contributed by atoms with Crippen LogP contribution in [0.1, 0.15) is 32.1 Å². The summed E-state index contributed by atoms with van der Waals surface area (Å²) in [6.07, 6.45) is 5.32. The van der Waals surface area contributed by atoms with Gasteiger partial charge >= 0.3 is 0 Å². The van der Waals surface area contributed by atoms with Gasteiger partial charge in [-0.3, -0.25) is 4.79 Å². The normalized spacial score (nSPS) is 21.5. The molecule has 0 spiro atoms. The summed E-state index contributed by atoms with van der Waals surface area (Å²) >= 11 is 2.41. The molecule has 0 aromatic rings. The Morgan fingerprint density at radius 2 is 2.00 bits per heavy atom. The molecule has 0 aliphatic heterocycles.